The van der Waals surface area contributed by atoms with Crippen LogP contribution in [0.15, 0.2) is 54.0 Å². The van der Waals surface area contributed by atoms with E-state index in [1.54, 1.807) is 12.1 Å². The number of piperazine rings is 1. The maximum Gasteiger partial charge on any atom is 0.229 e. The van der Waals surface area contributed by atoms with Crippen LogP contribution in [0.1, 0.15) is 18.2 Å². The maximum atomic E-state index is 15.1. The molecule has 0 bridgehead atoms. The third kappa shape index (κ3) is 4.85. The summed E-state index contributed by atoms with van der Waals surface area (Å²) in [5.74, 6) is -0.0536. The number of anilines is 3. The van der Waals surface area contributed by atoms with Gasteiger partial charge in [0.05, 0.1) is 5.56 Å². The Bertz CT molecular complexity index is 1360. The first kappa shape index (κ1) is 23.7. The second-order valence-corrected chi connectivity index (χ2v) is 8.78. The number of aryl methyl sites for hydroxylation is 1. The summed E-state index contributed by atoms with van der Waals surface area (Å²) >= 11 is 0. The lowest BCUT2D eigenvalue weighted by Crippen LogP contribution is -2.46. The topological polar surface area (TPSA) is 98.7 Å². The van der Waals surface area contributed by atoms with E-state index in [1.807, 2.05) is 19.1 Å². The van der Waals surface area contributed by atoms with E-state index < -0.39 is 5.82 Å². The van der Waals surface area contributed by atoms with Gasteiger partial charge in [-0.15, -0.1) is 0 Å². The lowest BCUT2D eigenvalue weighted by Gasteiger charge is -2.35. The Morgan fingerprint density at radius 3 is 2.61 bits per heavy atom. The highest BCUT2D eigenvalue weighted by Crippen LogP contribution is 2.34. The van der Waals surface area contributed by atoms with E-state index in [4.69, 9.17) is 4.74 Å². The predicted molar refractivity (Wildman–Crippen MR) is 139 cm³/mol. The summed E-state index contributed by atoms with van der Waals surface area (Å²) in [5.41, 5.74) is 3.81. The first-order valence-corrected chi connectivity index (χ1v) is 12.0. The molecule has 2 aromatic carbocycles. The van der Waals surface area contributed by atoms with Crippen LogP contribution in [0.2, 0.25) is 0 Å². The zero-order valence-electron chi connectivity index (χ0n) is 20.3. The molecule has 4 aromatic rings. The van der Waals surface area contributed by atoms with Gasteiger partial charge in [-0.3, -0.25) is 0 Å². The first-order valence-electron chi connectivity index (χ1n) is 12.0. The molecule has 2 N–H and O–H groups in total. The van der Waals surface area contributed by atoms with E-state index in [2.05, 4.69) is 54.3 Å². The molecule has 36 heavy (non-hydrogen) atoms. The zero-order chi connectivity index (χ0) is 25.1. The van der Waals surface area contributed by atoms with Gasteiger partial charge in [0.1, 0.15) is 18.7 Å². The van der Waals surface area contributed by atoms with Gasteiger partial charge >= 0.3 is 0 Å². The molecule has 0 unspecified atom stereocenters. The Morgan fingerprint density at radius 1 is 1.11 bits per heavy atom. The molecule has 0 spiro atoms. The molecule has 0 atom stereocenters. The molecule has 5 rings (SSSR count). The SMILES string of the molecule is CCN1CCN(c2ccc(Nc3ncnc(Oc4ccc5[nH]c(C)cc5c4F)c3CN=O)cc2)CC1. The lowest BCUT2D eigenvalue weighted by molar-refractivity contribution is 0.271. The highest BCUT2D eigenvalue weighted by Gasteiger charge is 2.19. The standard InChI is InChI=1S/C26H28FN7O2/c1-3-33-10-12-34(13-11-33)19-6-4-18(5-7-19)32-25-21(15-30-35)26(29-16-28-25)36-23-9-8-22-20(24(23)27)14-17(2)31-22/h4-9,14,16,31H,3,10-13,15H2,1-2H3,(H,28,29,32). The number of rotatable bonds is 8. The van der Waals surface area contributed by atoms with Gasteiger partial charge in [0, 0.05) is 54.2 Å². The molecule has 0 radical (unpaired) electrons. The Labute approximate surface area is 208 Å². The molecular formula is C26H28FN7O2. The minimum Gasteiger partial charge on any atom is -0.435 e. The fourth-order valence-electron chi connectivity index (χ4n) is 4.48. The van der Waals surface area contributed by atoms with E-state index in [1.165, 1.54) is 12.4 Å². The van der Waals surface area contributed by atoms with Crippen molar-refractivity contribution in [1.29, 1.82) is 0 Å². The number of benzene rings is 2. The van der Waals surface area contributed by atoms with Crippen molar-refractivity contribution in [3.8, 4) is 11.6 Å². The molecule has 1 aliphatic heterocycles. The van der Waals surface area contributed by atoms with Gasteiger partial charge in [0.15, 0.2) is 11.6 Å². The van der Waals surface area contributed by atoms with E-state index in [0.717, 1.165) is 49.8 Å². The third-order valence-corrected chi connectivity index (χ3v) is 6.49. The fourth-order valence-corrected chi connectivity index (χ4v) is 4.48. The zero-order valence-corrected chi connectivity index (χ0v) is 20.3. The van der Waals surface area contributed by atoms with Crippen LogP contribution in [0.3, 0.4) is 0 Å². The minimum atomic E-state index is -0.509. The monoisotopic (exact) mass is 489 g/mol. The largest absolute Gasteiger partial charge is 0.435 e. The van der Waals surface area contributed by atoms with E-state index in [-0.39, 0.29) is 18.2 Å². The van der Waals surface area contributed by atoms with E-state index in [9.17, 15) is 4.91 Å². The number of fused-ring (bicyclic) bond motifs is 1. The molecule has 2 aromatic heterocycles. The number of ether oxygens (including phenoxy) is 1. The second kappa shape index (κ2) is 10.3. The summed E-state index contributed by atoms with van der Waals surface area (Å²) in [5, 5.41) is 6.66. The van der Waals surface area contributed by atoms with Gasteiger partial charge < -0.3 is 24.8 Å². The predicted octanol–water partition coefficient (Wildman–Crippen LogP) is 5.35. The van der Waals surface area contributed by atoms with Gasteiger partial charge in [0.2, 0.25) is 5.88 Å². The highest BCUT2D eigenvalue weighted by atomic mass is 19.1. The van der Waals surface area contributed by atoms with Gasteiger partial charge in [-0.2, -0.15) is 4.91 Å². The van der Waals surface area contributed by atoms with Crippen LogP contribution in [0, 0.1) is 17.6 Å². The van der Waals surface area contributed by atoms with Gasteiger partial charge in [-0.1, -0.05) is 12.1 Å². The van der Waals surface area contributed by atoms with Crippen molar-refractivity contribution < 1.29 is 9.13 Å². The minimum absolute atomic E-state index is 0.00539. The number of aromatic amines is 1. The molecule has 1 saturated heterocycles. The molecule has 0 amide bonds. The van der Waals surface area contributed by atoms with Crippen molar-refractivity contribution in [2.45, 2.75) is 20.4 Å². The number of aromatic nitrogens is 3. The summed E-state index contributed by atoms with van der Waals surface area (Å²) in [6.45, 7) is 8.98. The summed E-state index contributed by atoms with van der Waals surface area (Å²) < 4.78 is 20.9. The Balaban J connectivity index is 1.36. The Morgan fingerprint density at radius 2 is 1.89 bits per heavy atom. The smallest absolute Gasteiger partial charge is 0.229 e. The molecule has 0 saturated carbocycles. The molecule has 186 valence electrons. The number of H-pyrrole nitrogens is 1. The number of nitroso groups, excluding NO2 is 1. The Kier molecular flexibility index (Phi) is 6.77. The molecule has 1 aliphatic rings. The van der Waals surface area contributed by atoms with E-state index >= 15 is 4.39 Å². The van der Waals surface area contributed by atoms with Crippen molar-refractivity contribution in [1.82, 2.24) is 19.9 Å². The summed E-state index contributed by atoms with van der Waals surface area (Å²) in [6.07, 6.45) is 1.31. The molecule has 9 nitrogen and oxygen atoms in total. The molecule has 3 heterocycles. The number of halogens is 1. The van der Waals surface area contributed by atoms with E-state index in [0.29, 0.717) is 22.3 Å². The van der Waals surface area contributed by atoms with Crippen molar-refractivity contribution in [2.24, 2.45) is 5.18 Å². The van der Waals surface area contributed by atoms with Crippen molar-refractivity contribution in [3.63, 3.8) is 0 Å². The molecule has 0 aliphatic carbocycles. The first-order chi connectivity index (χ1) is 17.6. The van der Waals surface area contributed by atoms with Crippen LogP contribution < -0.4 is 15.0 Å². The summed E-state index contributed by atoms with van der Waals surface area (Å²) in [7, 11) is 0. The normalized spacial score (nSPS) is 14.2. The summed E-state index contributed by atoms with van der Waals surface area (Å²) in [6, 6.07) is 13.0. The van der Waals surface area contributed by atoms with Crippen molar-refractivity contribution >= 4 is 28.1 Å². The maximum absolute atomic E-state index is 15.1. The quantitative estimate of drug-likeness (QED) is 0.322. The van der Waals surface area contributed by atoms with Crippen LogP contribution in [-0.4, -0.2) is 52.6 Å². The third-order valence-electron chi connectivity index (χ3n) is 6.49. The average Bonchev–Trinajstić information content (AvgIpc) is 3.29. The number of nitrogens with zero attached hydrogens (tertiary/aromatic N) is 5. The fraction of sp³-hybridized carbons (Fsp3) is 0.308. The van der Waals surface area contributed by atoms with Gasteiger partial charge in [-0.05, 0) is 55.9 Å². The second-order valence-electron chi connectivity index (χ2n) is 8.78. The number of hydrogen-bond acceptors (Lipinski definition) is 8. The Hall–Kier alpha value is -4.05. The van der Waals surface area contributed by atoms with Crippen LogP contribution >= 0.6 is 0 Å². The molecule has 10 heteroatoms. The van der Waals surface area contributed by atoms with Gasteiger partial charge in [0.25, 0.3) is 0 Å². The van der Waals surface area contributed by atoms with Crippen LogP contribution in [-0.2, 0) is 6.54 Å². The van der Waals surface area contributed by atoms with Crippen molar-refractivity contribution in [3.05, 3.63) is 70.8 Å². The lowest BCUT2D eigenvalue weighted by atomic mass is 10.2. The molecule has 1 fully saturated rings. The van der Waals surface area contributed by atoms with Crippen LogP contribution in [0.25, 0.3) is 10.9 Å². The summed E-state index contributed by atoms with van der Waals surface area (Å²) in [4.78, 5) is 27.6. The highest BCUT2D eigenvalue weighted by molar-refractivity contribution is 5.82. The average molecular weight is 490 g/mol. The van der Waals surface area contributed by atoms with Crippen LogP contribution in [0.4, 0.5) is 21.6 Å². The molecular weight excluding hydrogens is 461 g/mol. The number of nitrogens with one attached hydrogen (secondary N) is 2. The van der Waals surface area contributed by atoms with Gasteiger partial charge in [-0.25, -0.2) is 14.4 Å². The van der Waals surface area contributed by atoms with Crippen molar-refractivity contribution in [2.75, 3.05) is 42.9 Å². The van der Waals surface area contributed by atoms with Crippen LogP contribution in [0.5, 0.6) is 11.6 Å². The number of likely N-dealkylation sites (N-methyl/N-ethyl adjacent to an activating group) is 1. The number of hydrogen-bond donors (Lipinski definition) is 2.